The van der Waals surface area contributed by atoms with Gasteiger partial charge in [-0.15, -0.1) is 11.3 Å². The van der Waals surface area contributed by atoms with E-state index >= 15 is 0 Å². The molecule has 1 atom stereocenters. The van der Waals surface area contributed by atoms with Crippen molar-refractivity contribution in [3.63, 3.8) is 0 Å². The summed E-state index contributed by atoms with van der Waals surface area (Å²) >= 11 is 1.68. The molecule has 0 saturated carbocycles. The molecule has 4 nitrogen and oxygen atoms in total. The van der Waals surface area contributed by atoms with Crippen molar-refractivity contribution in [1.29, 1.82) is 0 Å². The zero-order chi connectivity index (χ0) is 20.4. The summed E-state index contributed by atoms with van der Waals surface area (Å²) in [5.74, 6) is -0.386. The number of fused-ring (bicyclic) bond motifs is 1. The first-order valence-electron chi connectivity index (χ1n) is 9.00. The maximum Gasteiger partial charge on any atom is 0.422 e. The third-order valence-electron chi connectivity index (χ3n) is 4.71. The summed E-state index contributed by atoms with van der Waals surface area (Å²) in [7, 11) is 0. The quantitative estimate of drug-likeness (QED) is 0.607. The lowest BCUT2D eigenvalue weighted by Crippen LogP contribution is -2.40. The first-order valence-corrected chi connectivity index (χ1v) is 9.88. The van der Waals surface area contributed by atoms with Crippen LogP contribution in [0.1, 0.15) is 32.4 Å². The molecule has 3 aromatic rings. The number of ether oxygens (including phenoxy) is 1. The van der Waals surface area contributed by atoms with Crippen molar-refractivity contribution in [1.82, 2.24) is 9.88 Å². The Morgan fingerprint density at radius 3 is 2.66 bits per heavy atom. The molecule has 0 aliphatic carbocycles. The number of halogens is 3. The number of alkyl halides is 3. The van der Waals surface area contributed by atoms with E-state index in [0.717, 1.165) is 17.5 Å². The Morgan fingerprint density at radius 2 is 1.97 bits per heavy atom. The number of aromatic nitrogens is 1. The highest BCUT2D eigenvalue weighted by molar-refractivity contribution is 7.10. The summed E-state index contributed by atoms with van der Waals surface area (Å²) in [4.78, 5) is 20.1. The third-order valence-corrected chi connectivity index (χ3v) is 5.71. The average Bonchev–Trinajstić information content (AvgIpc) is 3.20. The number of hydrogen-bond donors (Lipinski definition) is 0. The number of benzene rings is 1. The Labute approximate surface area is 169 Å². The van der Waals surface area contributed by atoms with Crippen LogP contribution in [0.25, 0.3) is 0 Å². The topological polar surface area (TPSA) is 42.4 Å². The summed E-state index contributed by atoms with van der Waals surface area (Å²) in [5, 5.41) is 2.03. The van der Waals surface area contributed by atoms with Crippen LogP contribution in [0.2, 0.25) is 0 Å². The number of nitrogens with zero attached hydrogens (tertiary/aromatic N) is 2. The monoisotopic (exact) mass is 418 g/mol. The SMILES string of the molecule is O=C(c1ccc(OCC(F)(F)F)nc1)N1CCc2sccc2C1c1ccccc1. The summed E-state index contributed by atoms with van der Waals surface area (Å²) in [6.07, 6.45) is -2.41. The number of pyridine rings is 1. The highest BCUT2D eigenvalue weighted by atomic mass is 32.1. The van der Waals surface area contributed by atoms with Crippen molar-refractivity contribution >= 4 is 17.2 Å². The Hall–Kier alpha value is -2.87. The van der Waals surface area contributed by atoms with Gasteiger partial charge in [0.25, 0.3) is 5.91 Å². The fourth-order valence-corrected chi connectivity index (χ4v) is 4.35. The van der Waals surface area contributed by atoms with Crippen molar-refractivity contribution in [3.05, 3.63) is 81.7 Å². The second-order valence-electron chi connectivity index (χ2n) is 6.65. The van der Waals surface area contributed by atoms with Gasteiger partial charge in [-0.2, -0.15) is 13.2 Å². The van der Waals surface area contributed by atoms with E-state index in [1.54, 1.807) is 16.2 Å². The van der Waals surface area contributed by atoms with Crippen molar-refractivity contribution in [2.75, 3.05) is 13.2 Å². The Kier molecular flexibility index (Phi) is 5.27. The normalized spacial score (nSPS) is 16.4. The van der Waals surface area contributed by atoms with Crippen LogP contribution in [0, 0.1) is 0 Å². The second kappa shape index (κ2) is 7.87. The Bertz CT molecular complexity index is 987. The van der Waals surface area contributed by atoms with Gasteiger partial charge in [0.15, 0.2) is 6.61 Å². The lowest BCUT2D eigenvalue weighted by atomic mass is 9.93. The molecular formula is C21H17F3N2O2S. The molecule has 150 valence electrons. The molecule has 8 heteroatoms. The first kappa shape index (κ1) is 19.4. The molecule has 1 aliphatic heterocycles. The Morgan fingerprint density at radius 1 is 1.17 bits per heavy atom. The largest absolute Gasteiger partial charge is 0.468 e. The molecule has 0 saturated heterocycles. The molecule has 4 rings (SSSR count). The summed E-state index contributed by atoms with van der Waals surface area (Å²) < 4.78 is 41.5. The maximum absolute atomic E-state index is 13.2. The second-order valence-corrected chi connectivity index (χ2v) is 7.65. The first-order chi connectivity index (χ1) is 13.9. The smallest absolute Gasteiger partial charge is 0.422 e. The van der Waals surface area contributed by atoms with Gasteiger partial charge >= 0.3 is 6.18 Å². The van der Waals surface area contributed by atoms with Gasteiger partial charge in [0.1, 0.15) is 0 Å². The van der Waals surface area contributed by atoms with E-state index in [1.807, 2.05) is 41.8 Å². The standard InChI is InChI=1S/C21H17F3N2O2S/c22-21(23,24)13-28-18-7-6-15(12-25-18)20(27)26-10-8-17-16(9-11-29-17)19(26)14-4-2-1-3-5-14/h1-7,9,11-12,19H,8,10,13H2. The van der Waals surface area contributed by atoms with Gasteiger partial charge in [-0.25, -0.2) is 4.98 Å². The van der Waals surface area contributed by atoms with Crippen LogP contribution in [0.5, 0.6) is 5.88 Å². The van der Waals surface area contributed by atoms with Crippen molar-refractivity contribution < 1.29 is 22.7 Å². The number of rotatable bonds is 4. The number of hydrogen-bond acceptors (Lipinski definition) is 4. The molecule has 2 aromatic heterocycles. The fourth-order valence-electron chi connectivity index (χ4n) is 3.44. The van der Waals surface area contributed by atoms with Crippen molar-refractivity contribution in [2.45, 2.75) is 18.6 Å². The minimum Gasteiger partial charge on any atom is -0.468 e. The molecule has 0 spiro atoms. The average molecular weight is 418 g/mol. The molecule has 0 N–H and O–H groups in total. The minimum atomic E-state index is -4.44. The van der Waals surface area contributed by atoms with Crippen LogP contribution in [0.15, 0.2) is 60.1 Å². The fraction of sp³-hybridized carbons (Fsp3) is 0.238. The number of amides is 1. The van der Waals surface area contributed by atoms with Gasteiger partial charge < -0.3 is 9.64 Å². The van der Waals surface area contributed by atoms with E-state index in [2.05, 4.69) is 9.72 Å². The van der Waals surface area contributed by atoms with Crippen molar-refractivity contribution in [3.8, 4) is 5.88 Å². The number of carbonyl (C=O) groups is 1. The lowest BCUT2D eigenvalue weighted by molar-refractivity contribution is -0.154. The van der Waals surface area contributed by atoms with Crippen molar-refractivity contribution in [2.24, 2.45) is 0 Å². The van der Waals surface area contributed by atoms with Crippen LogP contribution in [0.3, 0.4) is 0 Å². The Balaban J connectivity index is 1.59. The van der Waals surface area contributed by atoms with Gasteiger partial charge in [-0.1, -0.05) is 30.3 Å². The van der Waals surface area contributed by atoms with Crippen LogP contribution >= 0.6 is 11.3 Å². The van der Waals surface area contributed by atoms with Crippen LogP contribution in [-0.2, 0) is 6.42 Å². The van der Waals surface area contributed by atoms with Crippen LogP contribution < -0.4 is 4.74 Å². The zero-order valence-corrected chi connectivity index (χ0v) is 16.0. The summed E-state index contributed by atoms with van der Waals surface area (Å²) in [6.45, 7) is -0.866. The van der Waals surface area contributed by atoms with E-state index < -0.39 is 12.8 Å². The van der Waals surface area contributed by atoms with E-state index in [1.165, 1.54) is 23.2 Å². The van der Waals surface area contributed by atoms with Gasteiger partial charge in [0, 0.05) is 23.7 Å². The minimum absolute atomic E-state index is 0.169. The highest BCUT2D eigenvalue weighted by Gasteiger charge is 2.33. The third kappa shape index (κ3) is 4.27. The van der Waals surface area contributed by atoms with Gasteiger partial charge in [0.05, 0.1) is 11.6 Å². The molecule has 1 aromatic carbocycles. The highest BCUT2D eigenvalue weighted by Crippen LogP contribution is 2.38. The molecule has 0 fully saturated rings. The lowest BCUT2D eigenvalue weighted by Gasteiger charge is -2.36. The molecule has 1 amide bonds. The molecule has 3 heterocycles. The van der Waals surface area contributed by atoms with E-state index in [0.29, 0.717) is 12.1 Å². The molecule has 0 bridgehead atoms. The molecule has 1 aliphatic rings. The zero-order valence-electron chi connectivity index (χ0n) is 15.2. The maximum atomic E-state index is 13.2. The molecule has 29 heavy (non-hydrogen) atoms. The predicted octanol–water partition coefficient (Wildman–Crippen LogP) is 4.87. The van der Waals surface area contributed by atoms with Gasteiger partial charge in [-0.3, -0.25) is 4.79 Å². The predicted molar refractivity (Wildman–Crippen MR) is 103 cm³/mol. The summed E-state index contributed by atoms with van der Waals surface area (Å²) in [6, 6.07) is 14.4. The molecule has 1 unspecified atom stereocenters. The molecular weight excluding hydrogens is 401 g/mol. The van der Waals surface area contributed by atoms with E-state index in [4.69, 9.17) is 0 Å². The van der Waals surface area contributed by atoms with Crippen LogP contribution in [-0.4, -0.2) is 35.1 Å². The van der Waals surface area contributed by atoms with Crippen LogP contribution in [0.4, 0.5) is 13.2 Å². The number of carbonyl (C=O) groups excluding carboxylic acids is 1. The van der Waals surface area contributed by atoms with E-state index in [9.17, 15) is 18.0 Å². The van der Waals surface area contributed by atoms with Gasteiger partial charge in [-0.05, 0) is 35.1 Å². The van der Waals surface area contributed by atoms with E-state index in [-0.39, 0.29) is 17.8 Å². The summed E-state index contributed by atoms with van der Waals surface area (Å²) in [5.41, 5.74) is 2.43. The van der Waals surface area contributed by atoms with Gasteiger partial charge in [0.2, 0.25) is 5.88 Å². The molecule has 0 radical (unpaired) electrons. The number of thiophene rings is 1.